The largest absolute Gasteiger partial charge is 0.354 e. The van der Waals surface area contributed by atoms with E-state index in [0.29, 0.717) is 16.8 Å². The van der Waals surface area contributed by atoms with E-state index in [-0.39, 0.29) is 0 Å². The van der Waals surface area contributed by atoms with Gasteiger partial charge in [0.2, 0.25) is 5.95 Å². The average Bonchev–Trinajstić information content (AvgIpc) is 2.55. The van der Waals surface area contributed by atoms with E-state index in [1.807, 2.05) is 54.6 Å². The summed E-state index contributed by atoms with van der Waals surface area (Å²) in [6, 6.07) is 17.1. The lowest BCUT2D eigenvalue weighted by molar-refractivity contribution is 0.985. The fourth-order valence-electron chi connectivity index (χ4n) is 2.24. The van der Waals surface area contributed by atoms with Gasteiger partial charge in [-0.2, -0.15) is 4.98 Å². The molecule has 0 aliphatic rings. The van der Waals surface area contributed by atoms with Gasteiger partial charge < -0.3 is 10.6 Å². The Labute approximate surface area is 150 Å². The minimum Gasteiger partial charge on any atom is -0.354 e. The van der Waals surface area contributed by atoms with Crippen LogP contribution in [0.3, 0.4) is 0 Å². The van der Waals surface area contributed by atoms with E-state index in [4.69, 9.17) is 23.2 Å². The molecule has 0 unspecified atom stereocenters. The second kappa shape index (κ2) is 7.99. The van der Waals surface area contributed by atoms with Crippen molar-refractivity contribution in [3.05, 3.63) is 76.4 Å². The van der Waals surface area contributed by atoms with E-state index in [1.165, 1.54) is 5.56 Å². The van der Waals surface area contributed by atoms with Gasteiger partial charge in [-0.15, -0.1) is 0 Å². The molecule has 2 N–H and O–H groups in total. The molecule has 1 heterocycles. The zero-order valence-corrected chi connectivity index (χ0v) is 14.3. The van der Waals surface area contributed by atoms with Crippen molar-refractivity contribution in [2.24, 2.45) is 0 Å². The summed E-state index contributed by atoms with van der Waals surface area (Å²) in [6.45, 7) is 0.723. The smallest absolute Gasteiger partial charge is 0.224 e. The summed E-state index contributed by atoms with van der Waals surface area (Å²) in [6.07, 6.45) is 2.55. The summed E-state index contributed by atoms with van der Waals surface area (Å²) in [5, 5.41) is 7.85. The first-order valence-corrected chi connectivity index (χ1v) is 8.28. The molecule has 6 heteroatoms. The molecule has 0 radical (unpaired) electrons. The van der Waals surface area contributed by atoms with E-state index < -0.39 is 0 Å². The molecule has 1 aromatic heterocycles. The van der Waals surface area contributed by atoms with Crippen molar-refractivity contribution in [3.8, 4) is 0 Å². The van der Waals surface area contributed by atoms with Crippen LogP contribution in [0.2, 0.25) is 10.0 Å². The van der Waals surface area contributed by atoms with Crippen LogP contribution in [0.15, 0.2) is 60.8 Å². The SMILES string of the molecule is Clc1cccc(CCNc2nccc(Nc3cccc(Cl)c3)n2)c1. The van der Waals surface area contributed by atoms with Crippen molar-refractivity contribution in [3.63, 3.8) is 0 Å². The number of rotatable bonds is 6. The minimum atomic E-state index is 0.573. The first kappa shape index (κ1) is 16.6. The predicted molar refractivity (Wildman–Crippen MR) is 100 cm³/mol. The van der Waals surface area contributed by atoms with Gasteiger partial charge in [0.1, 0.15) is 5.82 Å². The maximum absolute atomic E-state index is 5.99. The van der Waals surface area contributed by atoms with Gasteiger partial charge in [0, 0.05) is 28.5 Å². The molecule has 0 bridgehead atoms. The molecule has 122 valence electrons. The summed E-state index contributed by atoms with van der Waals surface area (Å²) >= 11 is 12.0. The normalized spacial score (nSPS) is 10.4. The number of nitrogens with zero attached hydrogens (tertiary/aromatic N) is 2. The number of aromatic nitrogens is 2. The first-order chi connectivity index (χ1) is 11.7. The Morgan fingerprint density at radius 2 is 1.71 bits per heavy atom. The van der Waals surface area contributed by atoms with Crippen LogP contribution in [-0.2, 0) is 6.42 Å². The zero-order chi connectivity index (χ0) is 16.8. The lowest BCUT2D eigenvalue weighted by atomic mass is 10.1. The van der Waals surface area contributed by atoms with Crippen LogP contribution in [0.25, 0.3) is 0 Å². The molecule has 0 aliphatic carbocycles. The fourth-order valence-corrected chi connectivity index (χ4v) is 2.64. The molecule has 0 saturated heterocycles. The third kappa shape index (κ3) is 4.85. The van der Waals surface area contributed by atoms with Crippen LogP contribution in [0, 0.1) is 0 Å². The third-order valence-corrected chi connectivity index (χ3v) is 3.81. The van der Waals surface area contributed by atoms with Crippen LogP contribution >= 0.6 is 23.2 Å². The zero-order valence-electron chi connectivity index (χ0n) is 12.8. The van der Waals surface area contributed by atoms with E-state index >= 15 is 0 Å². The van der Waals surface area contributed by atoms with Gasteiger partial charge >= 0.3 is 0 Å². The molecule has 0 spiro atoms. The molecule has 0 fully saturated rings. The molecule has 0 saturated carbocycles. The highest BCUT2D eigenvalue weighted by atomic mass is 35.5. The lowest BCUT2D eigenvalue weighted by Crippen LogP contribution is -2.08. The number of hydrogen-bond acceptors (Lipinski definition) is 4. The van der Waals surface area contributed by atoms with Crippen molar-refractivity contribution < 1.29 is 0 Å². The molecule has 0 amide bonds. The van der Waals surface area contributed by atoms with Gasteiger partial charge in [-0.3, -0.25) is 0 Å². The van der Waals surface area contributed by atoms with Crippen LogP contribution in [0.5, 0.6) is 0 Å². The third-order valence-electron chi connectivity index (χ3n) is 3.34. The fraction of sp³-hybridized carbons (Fsp3) is 0.111. The Balaban J connectivity index is 1.59. The van der Waals surface area contributed by atoms with E-state index in [1.54, 1.807) is 6.20 Å². The molecule has 3 rings (SSSR count). The van der Waals surface area contributed by atoms with Gasteiger partial charge in [0.25, 0.3) is 0 Å². The Morgan fingerprint density at radius 1 is 0.917 bits per heavy atom. The minimum absolute atomic E-state index is 0.573. The van der Waals surface area contributed by atoms with Crippen LogP contribution in [-0.4, -0.2) is 16.5 Å². The summed E-state index contributed by atoms with van der Waals surface area (Å²) in [5.41, 5.74) is 2.05. The summed E-state index contributed by atoms with van der Waals surface area (Å²) in [5.74, 6) is 1.28. The molecular weight excluding hydrogens is 343 g/mol. The maximum Gasteiger partial charge on any atom is 0.224 e. The van der Waals surface area contributed by atoms with Crippen LogP contribution in [0.4, 0.5) is 17.5 Å². The van der Waals surface area contributed by atoms with Gasteiger partial charge in [-0.1, -0.05) is 41.4 Å². The van der Waals surface area contributed by atoms with E-state index in [0.717, 1.165) is 23.7 Å². The molecule has 0 aliphatic heterocycles. The quantitative estimate of drug-likeness (QED) is 0.637. The number of benzene rings is 2. The molecule has 24 heavy (non-hydrogen) atoms. The predicted octanol–water partition coefficient (Wildman–Crippen LogP) is 5.18. The highest BCUT2D eigenvalue weighted by molar-refractivity contribution is 6.31. The van der Waals surface area contributed by atoms with E-state index in [9.17, 15) is 0 Å². The summed E-state index contributed by atoms with van der Waals surface area (Å²) < 4.78 is 0. The van der Waals surface area contributed by atoms with Crippen molar-refractivity contribution in [2.45, 2.75) is 6.42 Å². The monoisotopic (exact) mass is 358 g/mol. The highest BCUT2D eigenvalue weighted by Crippen LogP contribution is 2.19. The summed E-state index contributed by atoms with van der Waals surface area (Å²) in [4.78, 5) is 8.68. The highest BCUT2D eigenvalue weighted by Gasteiger charge is 2.01. The van der Waals surface area contributed by atoms with Crippen molar-refractivity contribution in [1.82, 2.24) is 9.97 Å². The second-order valence-electron chi connectivity index (χ2n) is 5.21. The molecule has 0 atom stereocenters. The van der Waals surface area contributed by atoms with Crippen LogP contribution in [0.1, 0.15) is 5.56 Å². The van der Waals surface area contributed by atoms with Gasteiger partial charge in [0.05, 0.1) is 0 Å². The van der Waals surface area contributed by atoms with Crippen LogP contribution < -0.4 is 10.6 Å². The average molecular weight is 359 g/mol. The second-order valence-corrected chi connectivity index (χ2v) is 6.08. The Kier molecular flexibility index (Phi) is 5.51. The first-order valence-electron chi connectivity index (χ1n) is 7.53. The lowest BCUT2D eigenvalue weighted by Gasteiger charge is -2.09. The molecular formula is C18H16Cl2N4. The Morgan fingerprint density at radius 3 is 2.50 bits per heavy atom. The standard InChI is InChI=1S/C18H16Cl2N4/c19-14-4-1-3-13(11-14)7-9-21-18-22-10-8-17(24-18)23-16-6-2-5-15(20)12-16/h1-6,8,10-12H,7,9H2,(H2,21,22,23,24). The molecule has 2 aromatic carbocycles. The number of anilines is 3. The van der Waals surface area contributed by atoms with Gasteiger partial charge in [0.15, 0.2) is 0 Å². The van der Waals surface area contributed by atoms with Gasteiger partial charge in [-0.05, 0) is 48.4 Å². The number of nitrogens with one attached hydrogen (secondary N) is 2. The maximum atomic E-state index is 5.99. The Hall–Kier alpha value is -2.30. The van der Waals surface area contributed by atoms with Crippen molar-refractivity contribution in [1.29, 1.82) is 0 Å². The van der Waals surface area contributed by atoms with Crippen molar-refractivity contribution >= 4 is 40.7 Å². The molecule has 3 aromatic rings. The van der Waals surface area contributed by atoms with Gasteiger partial charge in [-0.25, -0.2) is 4.98 Å². The topological polar surface area (TPSA) is 49.8 Å². The Bertz CT molecular complexity index is 823. The van der Waals surface area contributed by atoms with E-state index in [2.05, 4.69) is 20.6 Å². The summed E-state index contributed by atoms with van der Waals surface area (Å²) in [7, 11) is 0. The number of halogens is 2. The number of hydrogen-bond donors (Lipinski definition) is 2. The van der Waals surface area contributed by atoms with Crippen molar-refractivity contribution in [2.75, 3.05) is 17.2 Å². The molecule has 4 nitrogen and oxygen atoms in total.